The van der Waals surface area contributed by atoms with E-state index in [1.165, 1.54) is 0 Å². The first kappa shape index (κ1) is 17.6. The molecule has 2 rings (SSSR count). The third kappa shape index (κ3) is 4.37. The Morgan fingerprint density at radius 1 is 1.04 bits per heavy atom. The molecule has 8 heteroatoms. The second-order valence-electron chi connectivity index (χ2n) is 5.52. The Balaban J connectivity index is 1.63. The van der Waals surface area contributed by atoms with E-state index in [2.05, 4.69) is 6.58 Å². The third-order valence-electron chi connectivity index (χ3n) is 3.69. The fourth-order valence-corrected chi connectivity index (χ4v) is 2.34. The van der Waals surface area contributed by atoms with Gasteiger partial charge < -0.3 is 4.84 Å². The fourth-order valence-electron chi connectivity index (χ4n) is 2.34. The summed E-state index contributed by atoms with van der Waals surface area (Å²) >= 11 is 0. The lowest BCUT2D eigenvalue weighted by Crippen LogP contribution is -2.32. The lowest BCUT2D eigenvalue weighted by molar-refractivity contribution is -0.186. The second kappa shape index (κ2) is 7.67. The SMILES string of the molecule is C=C1CCC(=O)N1OC(=O)CCCC(=O)CCN1C(=O)C=CC1=O. The molecule has 128 valence electrons. The van der Waals surface area contributed by atoms with E-state index in [9.17, 15) is 24.0 Å². The number of nitrogens with zero attached hydrogens (tertiary/aromatic N) is 2. The number of rotatable bonds is 8. The van der Waals surface area contributed by atoms with Crippen molar-refractivity contribution < 1.29 is 28.8 Å². The Labute approximate surface area is 138 Å². The van der Waals surface area contributed by atoms with Crippen molar-refractivity contribution in [1.82, 2.24) is 9.96 Å². The van der Waals surface area contributed by atoms with E-state index in [-0.39, 0.29) is 50.3 Å². The maximum absolute atomic E-state index is 11.7. The van der Waals surface area contributed by atoms with Crippen LogP contribution in [-0.2, 0) is 28.8 Å². The van der Waals surface area contributed by atoms with Crippen LogP contribution in [0.4, 0.5) is 0 Å². The van der Waals surface area contributed by atoms with Crippen molar-refractivity contribution in [2.75, 3.05) is 6.54 Å². The average molecular weight is 334 g/mol. The van der Waals surface area contributed by atoms with E-state index in [0.29, 0.717) is 12.1 Å². The number of hydrogen-bond donors (Lipinski definition) is 0. The van der Waals surface area contributed by atoms with Gasteiger partial charge in [-0.15, -0.1) is 5.06 Å². The zero-order chi connectivity index (χ0) is 17.7. The number of hydroxylamine groups is 2. The molecular weight excluding hydrogens is 316 g/mol. The highest BCUT2D eigenvalue weighted by Crippen LogP contribution is 2.21. The molecule has 0 aromatic carbocycles. The number of carbonyl (C=O) groups excluding carboxylic acids is 5. The van der Waals surface area contributed by atoms with Crippen LogP contribution in [0.1, 0.15) is 38.5 Å². The molecule has 0 saturated carbocycles. The Hall–Kier alpha value is -2.77. The van der Waals surface area contributed by atoms with Gasteiger partial charge in [0.1, 0.15) is 5.78 Å². The van der Waals surface area contributed by atoms with Crippen molar-refractivity contribution in [1.29, 1.82) is 0 Å². The summed E-state index contributed by atoms with van der Waals surface area (Å²) < 4.78 is 0. The van der Waals surface area contributed by atoms with E-state index in [1.54, 1.807) is 0 Å². The van der Waals surface area contributed by atoms with Gasteiger partial charge >= 0.3 is 5.97 Å². The zero-order valence-corrected chi connectivity index (χ0v) is 13.2. The number of allylic oxidation sites excluding steroid dienone is 1. The van der Waals surface area contributed by atoms with Crippen LogP contribution in [-0.4, -0.2) is 46.0 Å². The van der Waals surface area contributed by atoms with Crippen molar-refractivity contribution >= 4 is 29.5 Å². The molecule has 1 saturated heterocycles. The minimum Gasteiger partial charge on any atom is -0.334 e. The fraction of sp³-hybridized carbons (Fsp3) is 0.438. The minimum atomic E-state index is -0.603. The summed E-state index contributed by atoms with van der Waals surface area (Å²) in [6.45, 7) is 3.67. The molecule has 0 aromatic rings. The largest absolute Gasteiger partial charge is 0.334 e. The van der Waals surface area contributed by atoms with Gasteiger partial charge in [0.05, 0.1) is 5.70 Å². The van der Waals surface area contributed by atoms with Crippen molar-refractivity contribution in [3.05, 3.63) is 24.4 Å². The zero-order valence-electron chi connectivity index (χ0n) is 13.2. The van der Waals surface area contributed by atoms with Crippen LogP contribution in [0.15, 0.2) is 24.4 Å². The van der Waals surface area contributed by atoms with Gasteiger partial charge in [-0.25, -0.2) is 4.79 Å². The van der Waals surface area contributed by atoms with Crippen molar-refractivity contribution in [3.63, 3.8) is 0 Å². The Kier molecular flexibility index (Phi) is 5.62. The number of ketones is 1. The summed E-state index contributed by atoms with van der Waals surface area (Å²) in [4.78, 5) is 63.4. The normalized spacial score (nSPS) is 17.2. The van der Waals surface area contributed by atoms with Gasteiger partial charge in [0, 0.05) is 44.4 Å². The maximum Gasteiger partial charge on any atom is 0.333 e. The van der Waals surface area contributed by atoms with Crippen molar-refractivity contribution in [3.8, 4) is 0 Å². The quantitative estimate of drug-likeness (QED) is 0.604. The van der Waals surface area contributed by atoms with Crippen molar-refractivity contribution in [2.24, 2.45) is 0 Å². The summed E-state index contributed by atoms with van der Waals surface area (Å²) in [6.07, 6.45) is 3.51. The third-order valence-corrected chi connectivity index (χ3v) is 3.69. The molecule has 3 amide bonds. The first-order chi connectivity index (χ1) is 11.4. The smallest absolute Gasteiger partial charge is 0.333 e. The molecule has 1 fully saturated rings. The van der Waals surface area contributed by atoms with E-state index in [1.807, 2.05) is 0 Å². The number of imide groups is 1. The van der Waals surface area contributed by atoms with E-state index in [4.69, 9.17) is 4.84 Å². The van der Waals surface area contributed by atoms with E-state index in [0.717, 1.165) is 22.1 Å². The lowest BCUT2D eigenvalue weighted by atomic mass is 10.1. The molecule has 2 heterocycles. The highest BCUT2D eigenvalue weighted by atomic mass is 16.7. The molecule has 0 atom stereocenters. The lowest BCUT2D eigenvalue weighted by Gasteiger charge is -2.15. The molecule has 0 spiro atoms. The van der Waals surface area contributed by atoms with Crippen LogP contribution in [0.25, 0.3) is 0 Å². The van der Waals surface area contributed by atoms with Gasteiger partial charge in [0.25, 0.3) is 17.7 Å². The number of Topliss-reactive ketones (excluding diaryl/α,β-unsaturated/α-hetero) is 1. The predicted octanol–water partition coefficient (Wildman–Crippen LogP) is 0.635. The van der Waals surface area contributed by atoms with Crippen LogP contribution in [0.5, 0.6) is 0 Å². The predicted molar refractivity (Wildman–Crippen MR) is 80.6 cm³/mol. The van der Waals surface area contributed by atoms with Gasteiger partial charge in [-0.2, -0.15) is 0 Å². The van der Waals surface area contributed by atoms with Crippen molar-refractivity contribution in [2.45, 2.75) is 38.5 Å². The van der Waals surface area contributed by atoms with Gasteiger partial charge in [-0.3, -0.25) is 24.1 Å². The summed E-state index contributed by atoms with van der Waals surface area (Å²) in [5.41, 5.74) is 0.443. The molecule has 24 heavy (non-hydrogen) atoms. The molecule has 0 unspecified atom stereocenters. The maximum atomic E-state index is 11.7. The summed E-state index contributed by atoms with van der Waals surface area (Å²) in [5, 5.41) is 0.905. The van der Waals surface area contributed by atoms with Crippen LogP contribution in [0.3, 0.4) is 0 Å². The van der Waals surface area contributed by atoms with Crippen LogP contribution in [0.2, 0.25) is 0 Å². The van der Waals surface area contributed by atoms with Crippen LogP contribution < -0.4 is 0 Å². The van der Waals surface area contributed by atoms with Gasteiger partial charge in [0.15, 0.2) is 0 Å². The van der Waals surface area contributed by atoms with E-state index < -0.39 is 17.8 Å². The number of hydrogen-bond acceptors (Lipinski definition) is 6. The van der Waals surface area contributed by atoms with E-state index >= 15 is 0 Å². The number of carbonyl (C=O) groups is 5. The molecular formula is C16H18N2O6. The molecule has 2 aliphatic rings. The molecule has 8 nitrogen and oxygen atoms in total. The number of amides is 3. The molecule has 0 radical (unpaired) electrons. The Morgan fingerprint density at radius 3 is 2.29 bits per heavy atom. The Morgan fingerprint density at radius 2 is 1.71 bits per heavy atom. The summed E-state index contributed by atoms with van der Waals surface area (Å²) in [6, 6.07) is 0. The monoisotopic (exact) mass is 334 g/mol. The van der Waals surface area contributed by atoms with Gasteiger partial charge in [-0.05, 0) is 12.8 Å². The average Bonchev–Trinajstić information content (AvgIpc) is 3.01. The van der Waals surface area contributed by atoms with Gasteiger partial charge in [0.2, 0.25) is 0 Å². The molecule has 0 N–H and O–H groups in total. The molecule has 0 aliphatic carbocycles. The second-order valence-corrected chi connectivity index (χ2v) is 5.52. The molecule has 0 bridgehead atoms. The minimum absolute atomic E-state index is 0.00801. The van der Waals surface area contributed by atoms with Crippen LogP contribution >= 0.6 is 0 Å². The first-order valence-corrected chi connectivity index (χ1v) is 7.65. The standard InChI is InChI=1S/C16H18N2O6/c1-11-5-6-15(22)18(11)24-16(23)4-2-3-12(19)9-10-17-13(20)7-8-14(17)21/h7-8H,1-6,9-10H2. The van der Waals surface area contributed by atoms with Gasteiger partial charge in [-0.1, -0.05) is 6.58 Å². The molecule has 0 aromatic heterocycles. The highest BCUT2D eigenvalue weighted by Gasteiger charge is 2.28. The Bertz CT molecular complexity index is 602. The first-order valence-electron chi connectivity index (χ1n) is 7.65. The molecule has 2 aliphatic heterocycles. The summed E-state index contributed by atoms with van der Waals surface area (Å²) in [5.74, 6) is -1.91. The summed E-state index contributed by atoms with van der Waals surface area (Å²) in [7, 11) is 0. The van der Waals surface area contributed by atoms with Crippen LogP contribution in [0, 0.1) is 0 Å². The topological polar surface area (TPSA) is 101 Å². The highest BCUT2D eigenvalue weighted by molar-refractivity contribution is 6.13.